The van der Waals surface area contributed by atoms with Gasteiger partial charge in [0.25, 0.3) is 5.56 Å². The Balaban J connectivity index is 1.23. The van der Waals surface area contributed by atoms with Crippen molar-refractivity contribution in [2.24, 2.45) is 0 Å². The van der Waals surface area contributed by atoms with Gasteiger partial charge in [0.2, 0.25) is 5.91 Å². The van der Waals surface area contributed by atoms with Crippen LogP contribution in [-0.2, 0) is 17.8 Å². The van der Waals surface area contributed by atoms with Gasteiger partial charge in [-0.1, -0.05) is 35.9 Å². The summed E-state index contributed by atoms with van der Waals surface area (Å²) in [6.45, 7) is 2.81. The fourth-order valence-corrected chi connectivity index (χ4v) is 4.73. The lowest BCUT2D eigenvalue weighted by molar-refractivity contribution is -0.121. The van der Waals surface area contributed by atoms with E-state index in [1.54, 1.807) is 0 Å². The zero-order valence-electron chi connectivity index (χ0n) is 18.2. The lowest BCUT2D eigenvalue weighted by atomic mass is 10.1. The molecule has 0 fully saturated rings. The molecule has 0 saturated carbocycles. The summed E-state index contributed by atoms with van der Waals surface area (Å²) in [7, 11) is 0. The molecule has 0 bridgehead atoms. The number of carbonyl (C=O) groups is 1. The first-order valence-electron chi connectivity index (χ1n) is 10.8. The molecule has 4 heterocycles. The summed E-state index contributed by atoms with van der Waals surface area (Å²) in [5, 5.41) is 5.50. The van der Waals surface area contributed by atoms with Crippen molar-refractivity contribution in [2.75, 3.05) is 6.54 Å². The number of hydrogen-bond acceptors (Lipinski definition) is 5. The van der Waals surface area contributed by atoms with Crippen LogP contribution in [0.4, 0.5) is 0 Å². The summed E-state index contributed by atoms with van der Waals surface area (Å²) in [6, 6.07) is 13.9. The zero-order valence-corrected chi connectivity index (χ0v) is 19.0. The van der Waals surface area contributed by atoms with Crippen LogP contribution in [0, 0.1) is 6.92 Å². The fraction of sp³-hybridized carbons (Fsp3) is 0.200. The van der Waals surface area contributed by atoms with Crippen molar-refractivity contribution >= 4 is 33.1 Å². The molecule has 8 heteroatoms. The van der Waals surface area contributed by atoms with Crippen LogP contribution in [0.5, 0.6) is 0 Å². The third kappa shape index (κ3) is 4.42. The van der Waals surface area contributed by atoms with Crippen LogP contribution in [0.25, 0.3) is 27.0 Å². The SMILES string of the molecule is Cc1ccc(-c2csc3ncn(CCC(=O)NCCc4cn5ccccc5n4)c(=O)c23)cc1. The lowest BCUT2D eigenvalue weighted by Gasteiger charge is -2.07. The number of benzene rings is 1. The van der Waals surface area contributed by atoms with E-state index in [1.807, 2.05) is 71.6 Å². The molecule has 0 saturated heterocycles. The molecule has 0 atom stereocenters. The van der Waals surface area contributed by atoms with E-state index in [4.69, 9.17) is 0 Å². The standard InChI is InChI=1S/C25H23N5O2S/c1-17-5-7-18(8-6-17)20-15-33-24-23(20)25(32)30(16-27-24)13-10-22(31)26-11-9-19-14-29-12-3-2-4-21(29)28-19/h2-8,12,14-16H,9-11,13H2,1H3,(H,26,31). The smallest absolute Gasteiger partial charge is 0.262 e. The average molecular weight is 458 g/mol. The monoisotopic (exact) mass is 457 g/mol. The first kappa shape index (κ1) is 21.1. The van der Waals surface area contributed by atoms with Gasteiger partial charge in [0.15, 0.2) is 0 Å². The van der Waals surface area contributed by atoms with Gasteiger partial charge >= 0.3 is 0 Å². The highest BCUT2D eigenvalue weighted by Gasteiger charge is 2.14. The summed E-state index contributed by atoms with van der Waals surface area (Å²) in [5.41, 5.74) is 4.75. The Morgan fingerprint density at radius 2 is 2.00 bits per heavy atom. The molecule has 0 aliphatic heterocycles. The van der Waals surface area contributed by atoms with Crippen LogP contribution in [0.15, 0.2) is 71.4 Å². The summed E-state index contributed by atoms with van der Waals surface area (Å²) in [5.74, 6) is -0.102. The average Bonchev–Trinajstić information content (AvgIpc) is 3.43. The quantitative estimate of drug-likeness (QED) is 0.403. The Kier molecular flexibility index (Phi) is 5.75. The van der Waals surface area contributed by atoms with Crippen LogP contribution in [-0.4, -0.2) is 31.4 Å². The Bertz CT molecular complexity index is 1460. The molecule has 5 rings (SSSR count). The molecule has 0 aliphatic carbocycles. The first-order valence-corrected chi connectivity index (χ1v) is 11.7. The molecule has 33 heavy (non-hydrogen) atoms. The van der Waals surface area contributed by atoms with E-state index in [9.17, 15) is 9.59 Å². The number of carbonyl (C=O) groups excluding carboxylic acids is 1. The fourth-order valence-electron chi connectivity index (χ4n) is 3.82. The number of aryl methyl sites for hydroxylation is 2. The lowest BCUT2D eigenvalue weighted by Crippen LogP contribution is -2.29. The Labute approximate surface area is 194 Å². The maximum Gasteiger partial charge on any atom is 0.262 e. The minimum Gasteiger partial charge on any atom is -0.356 e. The molecule has 0 radical (unpaired) electrons. The van der Waals surface area contributed by atoms with Gasteiger partial charge in [0, 0.05) is 49.3 Å². The van der Waals surface area contributed by atoms with E-state index in [1.165, 1.54) is 27.8 Å². The molecular weight excluding hydrogens is 434 g/mol. The number of aromatic nitrogens is 4. The highest BCUT2D eigenvalue weighted by Crippen LogP contribution is 2.30. The normalized spacial score (nSPS) is 11.3. The number of rotatable bonds is 7. The summed E-state index contributed by atoms with van der Waals surface area (Å²) < 4.78 is 3.48. The number of nitrogens with zero attached hydrogens (tertiary/aromatic N) is 4. The second kappa shape index (κ2) is 8.99. The molecule has 0 spiro atoms. The Morgan fingerprint density at radius 1 is 1.15 bits per heavy atom. The highest BCUT2D eigenvalue weighted by molar-refractivity contribution is 7.17. The number of amides is 1. The van der Waals surface area contributed by atoms with E-state index in [0.29, 0.717) is 23.2 Å². The third-order valence-corrected chi connectivity index (χ3v) is 6.51. The number of pyridine rings is 1. The van der Waals surface area contributed by atoms with Crippen LogP contribution in [0.3, 0.4) is 0 Å². The molecule has 1 amide bonds. The number of nitrogens with one attached hydrogen (secondary N) is 1. The molecule has 1 aromatic carbocycles. The van der Waals surface area contributed by atoms with Gasteiger partial charge in [-0.05, 0) is 24.6 Å². The highest BCUT2D eigenvalue weighted by atomic mass is 32.1. The van der Waals surface area contributed by atoms with E-state index >= 15 is 0 Å². The van der Waals surface area contributed by atoms with Crippen molar-refractivity contribution in [3.05, 3.63) is 88.2 Å². The van der Waals surface area contributed by atoms with Crippen LogP contribution in [0.2, 0.25) is 0 Å². The second-order valence-electron chi connectivity index (χ2n) is 7.99. The van der Waals surface area contributed by atoms with Gasteiger partial charge in [-0.2, -0.15) is 0 Å². The van der Waals surface area contributed by atoms with E-state index in [2.05, 4.69) is 15.3 Å². The van der Waals surface area contributed by atoms with Crippen LogP contribution >= 0.6 is 11.3 Å². The van der Waals surface area contributed by atoms with Crippen molar-refractivity contribution in [1.29, 1.82) is 0 Å². The minimum absolute atomic E-state index is 0.102. The van der Waals surface area contributed by atoms with Gasteiger partial charge in [-0.3, -0.25) is 14.2 Å². The summed E-state index contributed by atoms with van der Waals surface area (Å²) in [6.07, 6.45) is 6.31. The third-order valence-electron chi connectivity index (χ3n) is 5.62. The maximum atomic E-state index is 13.1. The zero-order chi connectivity index (χ0) is 22.8. The molecule has 7 nitrogen and oxygen atoms in total. The predicted octanol–water partition coefficient (Wildman–Crippen LogP) is 3.83. The van der Waals surface area contributed by atoms with Gasteiger partial charge < -0.3 is 9.72 Å². The van der Waals surface area contributed by atoms with Crippen molar-refractivity contribution in [3.8, 4) is 11.1 Å². The van der Waals surface area contributed by atoms with Crippen LogP contribution in [0.1, 0.15) is 17.7 Å². The number of thiophene rings is 1. The van der Waals surface area contributed by atoms with Gasteiger partial charge in [-0.25, -0.2) is 9.97 Å². The van der Waals surface area contributed by atoms with Crippen molar-refractivity contribution < 1.29 is 4.79 Å². The van der Waals surface area contributed by atoms with Crippen molar-refractivity contribution in [2.45, 2.75) is 26.3 Å². The molecule has 5 aromatic rings. The Hall–Kier alpha value is -3.78. The molecule has 4 aromatic heterocycles. The van der Waals surface area contributed by atoms with Gasteiger partial charge in [0.1, 0.15) is 10.5 Å². The topological polar surface area (TPSA) is 81.3 Å². The predicted molar refractivity (Wildman–Crippen MR) is 131 cm³/mol. The molecule has 0 unspecified atom stereocenters. The molecule has 166 valence electrons. The largest absolute Gasteiger partial charge is 0.356 e. The minimum atomic E-state index is -0.116. The first-order chi connectivity index (χ1) is 16.1. The molecule has 0 aliphatic rings. The summed E-state index contributed by atoms with van der Waals surface area (Å²) >= 11 is 1.46. The molecular formula is C25H23N5O2S. The summed E-state index contributed by atoms with van der Waals surface area (Å²) in [4.78, 5) is 35.2. The van der Waals surface area contributed by atoms with E-state index in [-0.39, 0.29) is 24.4 Å². The maximum absolute atomic E-state index is 13.1. The number of imidazole rings is 1. The van der Waals surface area contributed by atoms with E-state index < -0.39 is 0 Å². The van der Waals surface area contributed by atoms with Crippen molar-refractivity contribution in [1.82, 2.24) is 24.3 Å². The Morgan fingerprint density at radius 3 is 2.82 bits per heavy atom. The number of hydrogen-bond donors (Lipinski definition) is 1. The molecule has 1 N–H and O–H groups in total. The second-order valence-corrected chi connectivity index (χ2v) is 8.85. The van der Waals surface area contributed by atoms with Gasteiger partial charge in [0.05, 0.1) is 17.4 Å². The number of fused-ring (bicyclic) bond motifs is 2. The van der Waals surface area contributed by atoms with Crippen molar-refractivity contribution in [3.63, 3.8) is 0 Å². The van der Waals surface area contributed by atoms with Gasteiger partial charge in [-0.15, -0.1) is 11.3 Å². The van der Waals surface area contributed by atoms with Crippen LogP contribution < -0.4 is 10.9 Å². The van der Waals surface area contributed by atoms with E-state index in [0.717, 1.165) is 22.5 Å².